The van der Waals surface area contributed by atoms with Crippen LogP contribution in [0.3, 0.4) is 0 Å². The summed E-state index contributed by atoms with van der Waals surface area (Å²) in [7, 11) is -3.57. The number of amides is 1. The molecule has 0 bridgehead atoms. The minimum absolute atomic E-state index is 0.0779. The number of thioether (sulfide) groups is 1. The highest BCUT2D eigenvalue weighted by Gasteiger charge is 2.32. The van der Waals surface area contributed by atoms with Crippen molar-refractivity contribution in [2.24, 2.45) is 0 Å². The molecule has 0 radical (unpaired) electrons. The van der Waals surface area contributed by atoms with Crippen LogP contribution in [-0.4, -0.2) is 73.4 Å². The second kappa shape index (κ2) is 10.0. The molecular formula is C22H32N2O4S2. The normalized spacial score (nSPS) is 25.9. The van der Waals surface area contributed by atoms with Crippen LogP contribution >= 0.6 is 11.8 Å². The molecular weight excluding hydrogens is 420 g/mol. The summed E-state index contributed by atoms with van der Waals surface area (Å²) in [5.74, 6) is 1.92. The van der Waals surface area contributed by atoms with Gasteiger partial charge in [-0.15, -0.1) is 0 Å². The van der Waals surface area contributed by atoms with E-state index in [0.29, 0.717) is 25.2 Å². The molecule has 3 aliphatic rings. The van der Waals surface area contributed by atoms with Gasteiger partial charge < -0.3 is 9.64 Å². The van der Waals surface area contributed by atoms with Crippen molar-refractivity contribution < 1.29 is 17.9 Å². The molecule has 8 heteroatoms. The minimum atomic E-state index is -3.57. The van der Waals surface area contributed by atoms with Gasteiger partial charge in [0.1, 0.15) is 0 Å². The largest absolute Gasteiger partial charge is 0.376 e. The molecule has 3 saturated heterocycles. The lowest BCUT2D eigenvalue weighted by Crippen LogP contribution is -2.44. The molecule has 0 saturated carbocycles. The molecule has 3 aliphatic heterocycles. The number of carbonyl (C=O) groups excluding carboxylic acids is 1. The molecule has 0 aromatic heterocycles. The predicted octanol–water partition coefficient (Wildman–Crippen LogP) is 3.38. The van der Waals surface area contributed by atoms with Gasteiger partial charge >= 0.3 is 0 Å². The van der Waals surface area contributed by atoms with Crippen LogP contribution in [0.4, 0.5) is 0 Å². The third-order valence-electron chi connectivity index (χ3n) is 6.32. The first-order valence-corrected chi connectivity index (χ1v) is 13.8. The van der Waals surface area contributed by atoms with Crippen molar-refractivity contribution in [2.45, 2.75) is 62.0 Å². The van der Waals surface area contributed by atoms with Crippen LogP contribution in [0.15, 0.2) is 29.2 Å². The molecule has 2 atom stereocenters. The first-order valence-electron chi connectivity index (χ1n) is 11.2. The van der Waals surface area contributed by atoms with Crippen molar-refractivity contribution in [3.05, 3.63) is 29.8 Å². The highest BCUT2D eigenvalue weighted by molar-refractivity contribution is 7.99. The molecule has 1 aromatic rings. The van der Waals surface area contributed by atoms with Crippen LogP contribution in [0, 0.1) is 0 Å². The summed E-state index contributed by atoms with van der Waals surface area (Å²) in [6.07, 6.45) is 7.02. The number of nitrogens with zero attached hydrogens (tertiary/aromatic N) is 2. The average Bonchev–Trinajstić information content (AvgIpc) is 3.40. The molecule has 3 heterocycles. The first-order chi connectivity index (χ1) is 14.6. The molecule has 6 nitrogen and oxygen atoms in total. The number of rotatable bonds is 6. The summed E-state index contributed by atoms with van der Waals surface area (Å²) in [6.45, 7) is 2.47. The van der Waals surface area contributed by atoms with Gasteiger partial charge in [-0.3, -0.25) is 4.79 Å². The van der Waals surface area contributed by atoms with Gasteiger partial charge in [-0.1, -0.05) is 18.9 Å². The van der Waals surface area contributed by atoms with Crippen LogP contribution < -0.4 is 0 Å². The molecule has 166 valence electrons. The molecule has 30 heavy (non-hydrogen) atoms. The van der Waals surface area contributed by atoms with Crippen molar-refractivity contribution in [2.75, 3.05) is 37.7 Å². The molecule has 1 aromatic carbocycles. The van der Waals surface area contributed by atoms with E-state index >= 15 is 0 Å². The summed E-state index contributed by atoms with van der Waals surface area (Å²) in [5, 5.41) is 0. The first kappa shape index (κ1) is 22.1. The van der Waals surface area contributed by atoms with Crippen molar-refractivity contribution in [3.8, 4) is 0 Å². The van der Waals surface area contributed by atoms with Gasteiger partial charge in [-0.05, 0) is 56.1 Å². The SMILES string of the molecule is O=C(c1cccc(S(=O)(=O)N2CCCCCC2)c1)N(CC1CCCO1)C1CCSC1. The predicted molar refractivity (Wildman–Crippen MR) is 119 cm³/mol. The smallest absolute Gasteiger partial charge is 0.254 e. The lowest BCUT2D eigenvalue weighted by atomic mass is 10.1. The Morgan fingerprint density at radius 2 is 1.93 bits per heavy atom. The van der Waals surface area contributed by atoms with Gasteiger partial charge in [0.2, 0.25) is 10.0 Å². The van der Waals surface area contributed by atoms with E-state index in [4.69, 9.17) is 4.74 Å². The van der Waals surface area contributed by atoms with E-state index in [9.17, 15) is 13.2 Å². The van der Waals surface area contributed by atoms with Crippen LogP contribution in [0.1, 0.15) is 55.3 Å². The van der Waals surface area contributed by atoms with Crippen molar-refractivity contribution in [1.29, 1.82) is 0 Å². The van der Waals surface area contributed by atoms with Crippen LogP contribution in [-0.2, 0) is 14.8 Å². The third kappa shape index (κ3) is 5.03. The topological polar surface area (TPSA) is 66.9 Å². The maximum absolute atomic E-state index is 13.5. The van der Waals surface area contributed by atoms with Gasteiger partial charge in [0.15, 0.2) is 0 Å². The van der Waals surface area contributed by atoms with Crippen LogP contribution in [0.5, 0.6) is 0 Å². The number of hydrogen-bond acceptors (Lipinski definition) is 5. The Balaban J connectivity index is 1.56. The fraction of sp³-hybridized carbons (Fsp3) is 0.682. The van der Waals surface area contributed by atoms with Crippen molar-refractivity contribution in [1.82, 2.24) is 9.21 Å². The van der Waals surface area contributed by atoms with E-state index in [1.54, 1.807) is 28.6 Å². The number of hydrogen-bond donors (Lipinski definition) is 0. The van der Waals surface area contributed by atoms with E-state index in [1.165, 1.54) is 0 Å². The Kier molecular flexibility index (Phi) is 7.39. The van der Waals surface area contributed by atoms with Crippen LogP contribution in [0.25, 0.3) is 0 Å². The Hall–Kier alpha value is -1.09. The molecule has 0 spiro atoms. The monoisotopic (exact) mass is 452 g/mol. The summed E-state index contributed by atoms with van der Waals surface area (Å²) in [5.41, 5.74) is 0.459. The summed E-state index contributed by atoms with van der Waals surface area (Å²) in [6, 6.07) is 6.83. The molecule has 0 aliphatic carbocycles. The Morgan fingerprint density at radius 3 is 2.60 bits per heavy atom. The minimum Gasteiger partial charge on any atom is -0.376 e. The maximum Gasteiger partial charge on any atom is 0.254 e. The number of sulfonamides is 1. The average molecular weight is 453 g/mol. The Labute approximate surface area is 184 Å². The fourth-order valence-electron chi connectivity index (χ4n) is 4.56. The quantitative estimate of drug-likeness (QED) is 0.662. The third-order valence-corrected chi connectivity index (χ3v) is 9.35. The van der Waals surface area contributed by atoms with Crippen LogP contribution in [0.2, 0.25) is 0 Å². The van der Waals surface area contributed by atoms with Crippen molar-refractivity contribution >= 4 is 27.7 Å². The van der Waals surface area contributed by atoms with E-state index in [2.05, 4.69) is 0 Å². The standard InChI is InChI=1S/C22H32N2O4S2/c25-22(24(19-10-14-29-17-19)16-20-8-6-13-28-20)18-7-5-9-21(15-18)30(26,27)23-11-3-1-2-4-12-23/h5,7,9,15,19-20H,1-4,6,8,10-14,16-17H2. The highest BCUT2D eigenvalue weighted by atomic mass is 32.2. The Morgan fingerprint density at radius 1 is 1.13 bits per heavy atom. The summed E-state index contributed by atoms with van der Waals surface area (Å²) >= 11 is 1.87. The molecule has 1 amide bonds. The Bertz CT molecular complexity index is 825. The van der Waals surface area contributed by atoms with Crippen molar-refractivity contribution in [3.63, 3.8) is 0 Å². The second-order valence-corrected chi connectivity index (χ2v) is 11.5. The summed E-state index contributed by atoms with van der Waals surface area (Å²) in [4.78, 5) is 15.7. The number of ether oxygens (including phenoxy) is 1. The van der Waals surface area contributed by atoms with E-state index < -0.39 is 10.0 Å². The zero-order valence-corrected chi connectivity index (χ0v) is 19.1. The van der Waals surface area contributed by atoms with Gasteiger partial charge in [0, 0.05) is 43.6 Å². The van der Waals surface area contributed by atoms with Gasteiger partial charge in [0.05, 0.1) is 11.0 Å². The lowest BCUT2D eigenvalue weighted by molar-refractivity contribution is 0.0441. The highest BCUT2D eigenvalue weighted by Crippen LogP contribution is 2.27. The molecule has 3 fully saturated rings. The molecule has 4 rings (SSSR count). The number of benzene rings is 1. The van der Waals surface area contributed by atoms with Gasteiger partial charge in [-0.2, -0.15) is 16.1 Å². The lowest BCUT2D eigenvalue weighted by Gasteiger charge is -2.31. The zero-order valence-electron chi connectivity index (χ0n) is 17.5. The fourth-order valence-corrected chi connectivity index (χ4v) is 7.35. The maximum atomic E-state index is 13.5. The molecule has 2 unspecified atom stereocenters. The zero-order chi connectivity index (χ0) is 21.0. The van der Waals surface area contributed by atoms with Gasteiger partial charge in [0.25, 0.3) is 5.91 Å². The van der Waals surface area contributed by atoms with E-state index in [1.807, 2.05) is 16.7 Å². The number of carbonyl (C=O) groups is 1. The van der Waals surface area contributed by atoms with E-state index in [0.717, 1.165) is 63.1 Å². The van der Waals surface area contributed by atoms with E-state index in [-0.39, 0.29) is 22.9 Å². The summed E-state index contributed by atoms with van der Waals surface area (Å²) < 4.78 is 33.8. The second-order valence-electron chi connectivity index (χ2n) is 8.46. The van der Waals surface area contributed by atoms with Gasteiger partial charge in [-0.25, -0.2) is 8.42 Å². The molecule has 0 N–H and O–H groups in total.